The molecule has 1 aromatic heterocycles. The Morgan fingerprint density at radius 1 is 1.41 bits per heavy atom. The molecule has 5 heteroatoms. The van der Waals surface area contributed by atoms with Gasteiger partial charge in [-0.2, -0.15) is 0 Å². The monoisotopic (exact) mass is 272 g/mol. The molecule has 0 fully saturated rings. The van der Waals surface area contributed by atoms with Crippen molar-refractivity contribution in [3.8, 4) is 5.75 Å². The number of aliphatic hydroxyl groups is 1. The molecule has 1 N–H and O–H groups in total. The van der Waals surface area contributed by atoms with E-state index in [4.69, 9.17) is 16.3 Å². The summed E-state index contributed by atoms with van der Waals surface area (Å²) in [7, 11) is 1.54. The van der Waals surface area contributed by atoms with Crippen LogP contribution in [-0.4, -0.2) is 12.2 Å². The summed E-state index contributed by atoms with van der Waals surface area (Å²) in [6.45, 7) is 0. The van der Waals surface area contributed by atoms with Crippen LogP contribution in [-0.2, 0) is 0 Å². The highest BCUT2D eigenvalue weighted by atomic mass is 35.5. The van der Waals surface area contributed by atoms with Gasteiger partial charge in [0.25, 0.3) is 0 Å². The number of ether oxygens (including phenoxy) is 1. The maximum atomic E-state index is 13.6. The Balaban J connectivity index is 2.33. The summed E-state index contributed by atoms with van der Waals surface area (Å²) >= 11 is 6.97. The maximum Gasteiger partial charge on any atom is 0.130 e. The van der Waals surface area contributed by atoms with Crippen LogP contribution in [0.4, 0.5) is 4.39 Å². The first kappa shape index (κ1) is 12.4. The Hall–Kier alpha value is -1.10. The zero-order valence-electron chi connectivity index (χ0n) is 8.98. The first-order chi connectivity index (χ1) is 8.11. The average Bonchev–Trinajstić information content (AvgIpc) is 2.76. The predicted octanol–water partition coefficient (Wildman–Crippen LogP) is 3.63. The van der Waals surface area contributed by atoms with Gasteiger partial charge in [0.1, 0.15) is 17.7 Å². The minimum atomic E-state index is -0.999. The Morgan fingerprint density at radius 2 is 2.18 bits per heavy atom. The van der Waals surface area contributed by atoms with Gasteiger partial charge in [0.05, 0.1) is 7.11 Å². The van der Waals surface area contributed by atoms with Crippen LogP contribution in [0.3, 0.4) is 0 Å². The van der Waals surface area contributed by atoms with Gasteiger partial charge in [0, 0.05) is 20.8 Å². The van der Waals surface area contributed by atoms with Crippen LogP contribution in [0.15, 0.2) is 29.6 Å². The molecular weight excluding hydrogens is 263 g/mol. The molecule has 1 unspecified atom stereocenters. The topological polar surface area (TPSA) is 29.5 Å². The molecule has 1 heterocycles. The smallest absolute Gasteiger partial charge is 0.130 e. The number of rotatable bonds is 3. The van der Waals surface area contributed by atoms with Gasteiger partial charge in [-0.1, -0.05) is 17.7 Å². The number of benzene rings is 1. The van der Waals surface area contributed by atoms with Crippen LogP contribution in [0.25, 0.3) is 0 Å². The maximum absolute atomic E-state index is 13.6. The molecule has 0 amide bonds. The Labute approximate surface area is 107 Å². The highest BCUT2D eigenvalue weighted by Crippen LogP contribution is 2.32. The summed E-state index contributed by atoms with van der Waals surface area (Å²) in [5.74, 6) is 0.135. The van der Waals surface area contributed by atoms with Gasteiger partial charge in [0.15, 0.2) is 0 Å². The fourth-order valence-electron chi connectivity index (χ4n) is 1.46. The molecule has 0 aliphatic rings. The lowest BCUT2D eigenvalue weighted by Gasteiger charge is -2.09. The minimum Gasteiger partial charge on any atom is -0.496 e. The summed E-state index contributed by atoms with van der Waals surface area (Å²) in [5, 5.41) is 12.1. The highest BCUT2D eigenvalue weighted by molar-refractivity contribution is 7.10. The minimum absolute atomic E-state index is 0.207. The van der Waals surface area contributed by atoms with Crippen LogP contribution in [0, 0.1) is 5.82 Å². The molecule has 0 saturated carbocycles. The van der Waals surface area contributed by atoms with Crippen molar-refractivity contribution in [2.75, 3.05) is 7.11 Å². The van der Waals surface area contributed by atoms with Crippen molar-refractivity contribution in [2.24, 2.45) is 0 Å². The zero-order valence-corrected chi connectivity index (χ0v) is 10.6. The Kier molecular flexibility index (Phi) is 3.66. The summed E-state index contributed by atoms with van der Waals surface area (Å²) in [4.78, 5) is 0.628. The van der Waals surface area contributed by atoms with Crippen LogP contribution in [0.2, 0.25) is 5.02 Å². The standard InChI is InChI=1S/C12H10ClFO2S/c1-16-8-5-11(17-6-8)12(15)9-3-2-7(13)4-10(9)14/h2-6,12,15H,1H3. The van der Waals surface area contributed by atoms with Gasteiger partial charge in [0.2, 0.25) is 0 Å². The van der Waals surface area contributed by atoms with Gasteiger partial charge < -0.3 is 9.84 Å². The van der Waals surface area contributed by atoms with Gasteiger partial charge >= 0.3 is 0 Å². The SMILES string of the molecule is COc1csc(C(O)c2ccc(Cl)cc2F)c1. The van der Waals surface area contributed by atoms with Crippen LogP contribution in [0.1, 0.15) is 16.5 Å². The second-order valence-electron chi connectivity index (χ2n) is 3.46. The van der Waals surface area contributed by atoms with Gasteiger partial charge in [-0.05, 0) is 18.2 Å². The van der Waals surface area contributed by atoms with E-state index < -0.39 is 11.9 Å². The quantitative estimate of drug-likeness (QED) is 0.924. The molecule has 17 heavy (non-hydrogen) atoms. The van der Waals surface area contributed by atoms with Crippen molar-refractivity contribution in [3.63, 3.8) is 0 Å². The van der Waals surface area contributed by atoms with Crippen molar-refractivity contribution < 1.29 is 14.2 Å². The van der Waals surface area contributed by atoms with Gasteiger partial charge in [-0.3, -0.25) is 0 Å². The van der Waals surface area contributed by atoms with E-state index >= 15 is 0 Å². The molecule has 0 saturated heterocycles. The van der Waals surface area contributed by atoms with E-state index in [1.54, 1.807) is 24.6 Å². The van der Waals surface area contributed by atoms with Crippen LogP contribution >= 0.6 is 22.9 Å². The molecule has 0 radical (unpaired) electrons. The molecule has 0 aliphatic carbocycles. The van der Waals surface area contributed by atoms with Gasteiger partial charge in [-0.15, -0.1) is 11.3 Å². The number of halogens is 2. The van der Waals surface area contributed by atoms with E-state index in [9.17, 15) is 9.50 Å². The molecule has 1 atom stereocenters. The van der Waals surface area contributed by atoms with E-state index in [-0.39, 0.29) is 5.56 Å². The second-order valence-corrected chi connectivity index (χ2v) is 4.84. The first-order valence-electron chi connectivity index (χ1n) is 4.87. The normalized spacial score (nSPS) is 12.5. The van der Waals surface area contributed by atoms with Crippen molar-refractivity contribution in [1.82, 2.24) is 0 Å². The van der Waals surface area contributed by atoms with Crippen LogP contribution in [0.5, 0.6) is 5.75 Å². The number of aliphatic hydroxyl groups excluding tert-OH is 1. The number of thiophene rings is 1. The Morgan fingerprint density at radius 3 is 2.76 bits per heavy atom. The number of methoxy groups -OCH3 is 1. The van der Waals surface area contributed by atoms with Crippen molar-refractivity contribution in [2.45, 2.75) is 6.10 Å². The summed E-state index contributed by atoms with van der Waals surface area (Å²) in [6, 6.07) is 5.90. The fourth-order valence-corrected chi connectivity index (χ4v) is 2.48. The lowest BCUT2D eigenvalue weighted by molar-refractivity contribution is 0.218. The molecule has 0 spiro atoms. The number of hydrogen-bond donors (Lipinski definition) is 1. The molecule has 0 aliphatic heterocycles. The largest absolute Gasteiger partial charge is 0.496 e. The van der Waals surface area contributed by atoms with Crippen LogP contribution < -0.4 is 4.74 Å². The van der Waals surface area contributed by atoms with Crippen molar-refractivity contribution in [1.29, 1.82) is 0 Å². The summed E-state index contributed by atoms with van der Waals surface area (Å²) < 4.78 is 18.6. The molecule has 0 bridgehead atoms. The first-order valence-corrected chi connectivity index (χ1v) is 6.13. The van der Waals surface area contributed by atoms with E-state index in [1.807, 2.05) is 0 Å². The average molecular weight is 273 g/mol. The molecule has 90 valence electrons. The molecule has 1 aromatic carbocycles. The van der Waals surface area contributed by atoms with E-state index in [2.05, 4.69) is 0 Å². The van der Waals surface area contributed by atoms with Crippen molar-refractivity contribution in [3.05, 3.63) is 50.9 Å². The molecule has 2 rings (SSSR count). The molecular formula is C12H10ClFO2S. The van der Waals surface area contributed by atoms with E-state index in [0.717, 1.165) is 0 Å². The molecule has 2 aromatic rings. The third-order valence-corrected chi connectivity index (χ3v) is 3.56. The third kappa shape index (κ3) is 2.60. The lowest BCUT2D eigenvalue weighted by atomic mass is 10.1. The van der Waals surface area contributed by atoms with Gasteiger partial charge in [-0.25, -0.2) is 4.39 Å². The summed E-state index contributed by atoms with van der Waals surface area (Å²) in [6.07, 6.45) is -0.999. The predicted molar refractivity (Wildman–Crippen MR) is 66.3 cm³/mol. The highest BCUT2D eigenvalue weighted by Gasteiger charge is 2.17. The zero-order chi connectivity index (χ0) is 12.4. The molecule has 2 nitrogen and oxygen atoms in total. The van der Waals surface area contributed by atoms with E-state index in [0.29, 0.717) is 15.6 Å². The van der Waals surface area contributed by atoms with E-state index in [1.165, 1.54) is 23.5 Å². The number of hydrogen-bond acceptors (Lipinski definition) is 3. The van der Waals surface area contributed by atoms with Crippen molar-refractivity contribution >= 4 is 22.9 Å². The summed E-state index contributed by atoms with van der Waals surface area (Å²) in [5.41, 5.74) is 0.207. The fraction of sp³-hybridized carbons (Fsp3) is 0.167. The third-order valence-electron chi connectivity index (χ3n) is 2.36. The second kappa shape index (κ2) is 5.04. The Bertz CT molecular complexity index is 527. The lowest BCUT2D eigenvalue weighted by Crippen LogP contribution is -2.00.